The van der Waals surface area contributed by atoms with Crippen molar-refractivity contribution in [3.63, 3.8) is 0 Å². The maximum absolute atomic E-state index is 5.78. The number of hydrogen-bond donors (Lipinski definition) is 2. The van der Waals surface area contributed by atoms with Crippen molar-refractivity contribution in [1.29, 1.82) is 0 Å². The van der Waals surface area contributed by atoms with Crippen LogP contribution in [-0.4, -0.2) is 14.6 Å². The van der Waals surface area contributed by atoms with Crippen LogP contribution in [0, 0.1) is 0 Å². The Kier molecular flexibility index (Phi) is 2.25. The highest BCUT2D eigenvalue weighted by Gasteiger charge is 2.16. The van der Waals surface area contributed by atoms with Gasteiger partial charge in [0, 0.05) is 10.9 Å². The summed E-state index contributed by atoms with van der Waals surface area (Å²) in [7, 11) is 0. The van der Waals surface area contributed by atoms with Crippen molar-refractivity contribution in [1.82, 2.24) is 14.6 Å². The van der Waals surface area contributed by atoms with Gasteiger partial charge in [0.1, 0.15) is 11.5 Å². The second kappa shape index (κ2) is 3.42. The standard InChI is InChI=1S/C9H12N4S/c1-5(2)7-8(11-12-9(7)10)6-3-4-14-13-6/h3-5H,1-2H3,(H3,10,11,12). The van der Waals surface area contributed by atoms with Crippen molar-refractivity contribution in [3.8, 4) is 11.4 Å². The van der Waals surface area contributed by atoms with E-state index in [1.54, 1.807) is 0 Å². The largest absolute Gasteiger partial charge is 0.382 e. The third kappa shape index (κ3) is 1.39. The topological polar surface area (TPSA) is 67.6 Å². The summed E-state index contributed by atoms with van der Waals surface area (Å²) in [4.78, 5) is 0. The third-order valence-electron chi connectivity index (χ3n) is 2.10. The number of aromatic amines is 1. The molecule has 3 N–H and O–H groups in total. The molecule has 0 fully saturated rings. The number of nitrogen functional groups attached to an aromatic ring is 1. The molecule has 14 heavy (non-hydrogen) atoms. The van der Waals surface area contributed by atoms with Gasteiger partial charge in [0.2, 0.25) is 0 Å². The van der Waals surface area contributed by atoms with Gasteiger partial charge < -0.3 is 5.73 Å². The first-order valence-electron chi connectivity index (χ1n) is 4.44. The fraction of sp³-hybridized carbons (Fsp3) is 0.333. The molecule has 0 saturated carbocycles. The average molecular weight is 208 g/mol. The normalized spacial score (nSPS) is 11.1. The Morgan fingerprint density at radius 3 is 2.86 bits per heavy atom. The van der Waals surface area contributed by atoms with Crippen molar-refractivity contribution in [2.45, 2.75) is 19.8 Å². The van der Waals surface area contributed by atoms with Gasteiger partial charge >= 0.3 is 0 Å². The molecule has 0 bridgehead atoms. The van der Waals surface area contributed by atoms with Gasteiger partial charge in [-0.1, -0.05) is 13.8 Å². The van der Waals surface area contributed by atoms with E-state index in [9.17, 15) is 0 Å². The lowest BCUT2D eigenvalue weighted by Crippen LogP contribution is -1.95. The Morgan fingerprint density at radius 2 is 2.29 bits per heavy atom. The minimum absolute atomic E-state index is 0.352. The third-order valence-corrected chi connectivity index (χ3v) is 2.66. The number of nitrogens with zero attached hydrogens (tertiary/aromatic N) is 2. The van der Waals surface area contributed by atoms with Crippen LogP contribution in [-0.2, 0) is 0 Å². The van der Waals surface area contributed by atoms with E-state index in [4.69, 9.17) is 5.73 Å². The van der Waals surface area contributed by atoms with Crippen LogP contribution in [0.4, 0.5) is 5.82 Å². The first kappa shape index (κ1) is 9.21. The summed E-state index contributed by atoms with van der Waals surface area (Å²) in [6.45, 7) is 4.19. The van der Waals surface area contributed by atoms with Crippen LogP contribution in [0.15, 0.2) is 11.4 Å². The van der Waals surface area contributed by atoms with Gasteiger partial charge in [-0.05, 0) is 23.5 Å². The Morgan fingerprint density at radius 1 is 1.50 bits per heavy atom. The molecule has 0 saturated heterocycles. The molecule has 0 amide bonds. The number of anilines is 1. The molecular formula is C9H12N4S. The van der Waals surface area contributed by atoms with E-state index in [-0.39, 0.29) is 0 Å². The zero-order valence-corrected chi connectivity index (χ0v) is 8.93. The number of aromatic nitrogens is 3. The van der Waals surface area contributed by atoms with E-state index >= 15 is 0 Å². The first-order valence-corrected chi connectivity index (χ1v) is 5.28. The molecule has 74 valence electrons. The quantitative estimate of drug-likeness (QED) is 0.795. The Hall–Kier alpha value is -1.36. The van der Waals surface area contributed by atoms with Gasteiger partial charge in [0.05, 0.1) is 5.69 Å². The molecule has 0 aliphatic rings. The van der Waals surface area contributed by atoms with Crippen LogP contribution < -0.4 is 5.73 Å². The molecular weight excluding hydrogens is 196 g/mol. The van der Waals surface area contributed by atoms with Crippen LogP contribution in [0.3, 0.4) is 0 Å². The maximum Gasteiger partial charge on any atom is 0.149 e. The molecule has 4 nitrogen and oxygen atoms in total. The van der Waals surface area contributed by atoms with Crippen molar-refractivity contribution >= 4 is 17.4 Å². The highest BCUT2D eigenvalue weighted by molar-refractivity contribution is 7.03. The zero-order chi connectivity index (χ0) is 10.1. The average Bonchev–Trinajstić information content (AvgIpc) is 2.70. The molecule has 0 aromatic carbocycles. The maximum atomic E-state index is 5.78. The number of hydrogen-bond acceptors (Lipinski definition) is 4. The van der Waals surface area contributed by atoms with E-state index in [0.717, 1.165) is 17.0 Å². The summed E-state index contributed by atoms with van der Waals surface area (Å²) in [5, 5.41) is 8.88. The lowest BCUT2D eigenvalue weighted by Gasteiger charge is -2.04. The molecule has 2 rings (SSSR count). The monoisotopic (exact) mass is 208 g/mol. The summed E-state index contributed by atoms with van der Waals surface area (Å²) in [5.41, 5.74) is 8.70. The second-order valence-corrected chi connectivity index (χ2v) is 4.10. The molecule has 2 heterocycles. The van der Waals surface area contributed by atoms with Gasteiger partial charge in [-0.2, -0.15) is 9.47 Å². The van der Waals surface area contributed by atoms with E-state index in [0.29, 0.717) is 11.7 Å². The number of rotatable bonds is 2. The number of H-pyrrole nitrogens is 1. The fourth-order valence-electron chi connectivity index (χ4n) is 1.49. The molecule has 0 radical (unpaired) electrons. The smallest absolute Gasteiger partial charge is 0.149 e. The van der Waals surface area contributed by atoms with Crippen molar-refractivity contribution < 1.29 is 0 Å². The summed E-state index contributed by atoms with van der Waals surface area (Å²) in [6, 6.07) is 1.96. The lowest BCUT2D eigenvalue weighted by molar-refractivity contribution is 0.872. The summed E-state index contributed by atoms with van der Waals surface area (Å²) < 4.78 is 4.26. The van der Waals surface area contributed by atoms with Gasteiger partial charge in [-0.3, -0.25) is 5.10 Å². The predicted molar refractivity (Wildman–Crippen MR) is 58.2 cm³/mol. The van der Waals surface area contributed by atoms with E-state index in [1.165, 1.54) is 11.5 Å². The molecule has 2 aromatic heterocycles. The predicted octanol–water partition coefficient (Wildman–Crippen LogP) is 2.24. The molecule has 0 aliphatic carbocycles. The lowest BCUT2D eigenvalue weighted by atomic mass is 10.0. The summed E-state index contributed by atoms with van der Waals surface area (Å²) in [6.07, 6.45) is 0. The molecule has 0 aliphatic heterocycles. The number of nitrogens with one attached hydrogen (secondary N) is 1. The Balaban J connectivity index is 2.54. The van der Waals surface area contributed by atoms with Gasteiger partial charge in [0.15, 0.2) is 0 Å². The van der Waals surface area contributed by atoms with Gasteiger partial charge in [0.25, 0.3) is 0 Å². The molecule has 0 unspecified atom stereocenters. The van der Waals surface area contributed by atoms with Crippen LogP contribution in [0.2, 0.25) is 0 Å². The van der Waals surface area contributed by atoms with Crippen molar-refractivity contribution in [2.75, 3.05) is 5.73 Å². The number of nitrogens with two attached hydrogens (primary N) is 1. The minimum atomic E-state index is 0.352. The summed E-state index contributed by atoms with van der Waals surface area (Å²) in [5.74, 6) is 0.924. The molecule has 0 spiro atoms. The van der Waals surface area contributed by atoms with Crippen LogP contribution in [0.5, 0.6) is 0 Å². The van der Waals surface area contributed by atoms with Crippen LogP contribution >= 0.6 is 11.5 Å². The van der Waals surface area contributed by atoms with E-state index in [2.05, 4.69) is 28.4 Å². The van der Waals surface area contributed by atoms with Crippen molar-refractivity contribution in [3.05, 3.63) is 17.0 Å². The van der Waals surface area contributed by atoms with E-state index < -0.39 is 0 Å². The highest BCUT2D eigenvalue weighted by Crippen LogP contribution is 2.30. The Labute approximate surface area is 86.3 Å². The minimum Gasteiger partial charge on any atom is -0.382 e. The second-order valence-electron chi connectivity index (χ2n) is 3.44. The van der Waals surface area contributed by atoms with Gasteiger partial charge in [-0.25, -0.2) is 0 Å². The first-order chi connectivity index (χ1) is 6.70. The van der Waals surface area contributed by atoms with E-state index in [1.807, 2.05) is 11.4 Å². The fourth-order valence-corrected chi connectivity index (χ4v) is 2.00. The zero-order valence-electron chi connectivity index (χ0n) is 8.11. The molecule has 0 atom stereocenters. The summed E-state index contributed by atoms with van der Waals surface area (Å²) >= 11 is 1.43. The van der Waals surface area contributed by atoms with Crippen LogP contribution in [0.25, 0.3) is 11.4 Å². The Bertz CT molecular complexity index is 416. The van der Waals surface area contributed by atoms with Gasteiger partial charge in [-0.15, -0.1) is 0 Å². The van der Waals surface area contributed by atoms with Crippen molar-refractivity contribution in [2.24, 2.45) is 0 Å². The van der Waals surface area contributed by atoms with Crippen LogP contribution in [0.1, 0.15) is 25.3 Å². The molecule has 5 heteroatoms. The SMILES string of the molecule is CC(C)c1c(N)n[nH]c1-c1ccsn1. The molecule has 2 aromatic rings. The highest BCUT2D eigenvalue weighted by atomic mass is 32.1.